The van der Waals surface area contributed by atoms with Crippen LogP contribution in [0.5, 0.6) is 5.75 Å². The summed E-state index contributed by atoms with van der Waals surface area (Å²) in [6, 6.07) is 21.2. The summed E-state index contributed by atoms with van der Waals surface area (Å²) in [4.78, 5) is 0. The molecule has 3 aromatic rings. The van der Waals surface area contributed by atoms with Gasteiger partial charge in [0.15, 0.2) is 0 Å². The van der Waals surface area contributed by atoms with Gasteiger partial charge in [0.25, 0.3) is 0 Å². The van der Waals surface area contributed by atoms with Crippen molar-refractivity contribution >= 4 is 0 Å². The van der Waals surface area contributed by atoms with Crippen LogP contribution in [-0.2, 0) is 5.41 Å². The topological polar surface area (TPSA) is 9.23 Å². The zero-order chi connectivity index (χ0) is 20.3. The van der Waals surface area contributed by atoms with E-state index in [1.54, 1.807) is 12.1 Å². The van der Waals surface area contributed by atoms with Gasteiger partial charge in [0.2, 0.25) is 0 Å². The molecule has 0 unspecified atom stereocenters. The summed E-state index contributed by atoms with van der Waals surface area (Å²) in [5.41, 5.74) is 4.98. The van der Waals surface area contributed by atoms with Crippen LogP contribution < -0.4 is 4.74 Å². The van der Waals surface area contributed by atoms with E-state index in [1.165, 1.54) is 12.1 Å². The van der Waals surface area contributed by atoms with Gasteiger partial charge in [0, 0.05) is 5.41 Å². The van der Waals surface area contributed by atoms with E-state index in [-0.39, 0.29) is 5.75 Å². The summed E-state index contributed by atoms with van der Waals surface area (Å²) in [5.74, 6) is 0.0178. The van der Waals surface area contributed by atoms with Crippen LogP contribution in [0.15, 0.2) is 84.9 Å². The Morgan fingerprint density at radius 3 is 1.36 bits per heavy atom. The predicted molar refractivity (Wildman–Crippen MR) is 105 cm³/mol. The number of ether oxygens (including phenoxy) is 1. The molecule has 0 amide bonds. The van der Waals surface area contributed by atoms with Gasteiger partial charge in [0.05, 0.1) is 0 Å². The molecule has 0 N–H and O–H groups in total. The minimum Gasteiger partial charge on any atom is -0.428 e. The highest BCUT2D eigenvalue weighted by molar-refractivity contribution is 5.51. The largest absolute Gasteiger partial charge is 0.428 e. The lowest BCUT2D eigenvalue weighted by Gasteiger charge is -2.32. The fourth-order valence-electron chi connectivity index (χ4n) is 3.27. The molecule has 0 fully saturated rings. The van der Waals surface area contributed by atoms with Gasteiger partial charge in [-0.05, 0) is 49.6 Å². The number of benzene rings is 3. The zero-order valence-electron chi connectivity index (χ0n) is 16.0. The Bertz CT molecular complexity index is 922. The van der Waals surface area contributed by atoms with E-state index in [1.807, 2.05) is 13.8 Å². The molecule has 3 rings (SSSR count). The van der Waals surface area contributed by atoms with Gasteiger partial charge < -0.3 is 4.74 Å². The Labute approximate surface area is 163 Å². The molecule has 0 spiro atoms. The highest BCUT2D eigenvalue weighted by Gasteiger charge is 2.31. The van der Waals surface area contributed by atoms with E-state index in [9.17, 15) is 13.2 Å². The highest BCUT2D eigenvalue weighted by Crippen LogP contribution is 2.39. The third kappa shape index (κ3) is 3.96. The summed E-state index contributed by atoms with van der Waals surface area (Å²) >= 11 is 0. The Morgan fingerprint density at radius 1 is 0.643 bits per heavy atom. The van der Waals surface area contributed by atoms with E-state index in [0.29, 0.717) is 0 Å². The number of aryl methyl sites for hydroxylation is 2. The third-order valence-electron chi connectivity index (χ3n) is 5.05. The highest BCUT2D eigenvalue weighted by atomic mass is 19.3. The summed E-state index contributed by atoms with van der Waals surface area (Å²) in [5, 5.41) is 0. The SMILES string of the molecule is Cc1ccc(C(C)(c2ccc(C)cc2)c2ccc(OC(F)=C(F)F)cc2)cc1. The number of rotatable bonds is 5. The lowest BCUT2D eigenvalue weighted by Crippen LogP contribution is -2.25. The quantitative estimate of drug-likeness (QED) is 0.339. The molecule has 0 atom stereocenters. The van der Waals surface area contributed by atoms with Gasteiger partial charge in [-0.2, -0.15) is 13.2 Å². The van der Waals surface area contributed by atoms with Crippen molar-refractivity contribution < 1.29 is 17.9 Å². The van der Waals surface area contributed by atoms with Gasteiger partial charge >= 0.3 is 12.1 Å². The van der Waals surface area contributed by atoms with E-state index in [0.717, 1.165) is 27.8 Å². The summed E-state index contributed by atoms with van der Waals surface area (Å²) in [6.45, 7) is 6.18. The van der Waals surface area contributed by atoms with Gasteiger partial charge in [0.1, 0.15) is 5.75 Å². The van der Waals surface area contributed by atoms with Crippen LogP contribution in [0.1, 0.15) is 34.7 Å². The molecule has 0 aliphatic carbocycles. The lowest BCUT2D eigenvalue weighted by molar-refractivity contribution is 0.241. The van der Waals surface area contributed by atoms with Crippen LogP contribution in [0.25, 0.3) is 0 Å². The monoisotopic (exact) mass is 382 g/mol. The molecule has 0 aliphatic rings. The second kappa shape index (κ2) is 7.93. The fourth-order valence-corrected chi connectivity index (χ4v) is 3.27. The summed E-state index contributed by atoms with van der Waals surface area (Å²) in [7, 11) is 0. The van der Waals surface area contributed by atoms with Crippen LogP contribution >= 0.6 is 0 Å². The van der Waals surface area contributed by atoms with Crippen LogP contribution in [0.4, 0.5) is 13.2 Å². The van der Waals surface area contributed by atoms with Crippen LogP contribution in [0.2, 0.25) is 0 Å². The molecule has 4 heteroatoms. The first-order chi connectivity index (χ1) is 13.3. The van der Waals surface area contributed by atoms with Crippen molar-refractivity contribution in [1.29, 1.82) is 0 Å². The molecular formula is C24H21F3O. The lowest BCUT2D eigenvalue weighted by atomic mass is 9.71. The Balaban J connectivity index is 2.08. The molecule has 144 valence electrons. The minimum absolute atomic E-state index is 0.0178. The van der Waals surface area contributed by atoms with Crippen molar-refractivity contribution in [3.05, 3.63) is 113 Å². The Morgan fingerprint density at radius 2 is 1.00 bits per heavy atom. The minimum atomic E-state index is -2.48. The van der Waals surface area contributed by atoms with Crippen LogP contribution in [0.3, 0.4) is 0 Å². The number of hydrogen-bond donors (Lipinski definition) is 0. The Hall–Kier alpha value is -3.01. The van der Waals surface area contributed by atoms with Crippen LogP contribution in [0, 0.1) is 13.8 Å². The molecule has 0 saturated heterocycles. The maximum absolute atomic E-state index is 13.1. The van der Waals surface area contributed by atoms with Crippen molar-refractivity contribution in [3.8, 4) is 5.75 Å². The molecule has 0 saturated carbocycles. The molecule has 0 aliphatic heterocycles. The molecule has 28 heavy (non-hydrogen) atoms. The predicted octanol–water partition coefficient (Wildman–Crippen LogP) is 7.07. The van der Waals surface area contributed by atoms with Crippen molar-refractivity contribution in [2.75, 3.05) is 0 Å². The third-order valence-corrected chi connectivity index (χ3v) is 5.05. The summed E-state index contributed by atoms with van der Waals surface area (Å²) in [6.07, 6.45) is -2.48. The van der Waals surface area contributed by atoms with E-state index >= 15 is 0 Å². The first kappa shape index (κ1) is 19.7. The van der Waals surface area contributed by atoms with Crippen molar-refractivity contribution in [2.45, 2.75) is 26.2 Å². The van der Waals surface area contributed by atoms with Crippen LogP contribution in [-0.4, -0.2) is 0 Å². The second-order valence-electron chi connectivity index (χ2n) is 7.02. The smallest absolute Gasteiger partial charge is 0.344 e. The molecule has 0 heterocycles. The first-order valence-corrected chi connectivity index (χ1v) is 8.94. The first-order valence-electron chi connectivity index (χ1n) is 8.94. The van der Waals surface area contributed by atoms with Gasteiger partial charge in [-0.25, -0.2) is 0 Å². The average Bonchev–Trinajstić information content (AvgIpc) is 2.69. The maximum atomic E-state index is 13.1. The number of hydrogen-bond acceptors (Lipinski definition) is 1. The fraction of sp³-hybridized carbons (Fsp3) is 0.167. The van der Waals surface area contributed by atoms with Crippen molar-refractivity contribution in [2.24, 2.45) is 0 Å². The standard InChI is InChI=1S/C24H21F3O/c1-16-4-8-18(9-5-16)24(3,19-10-6-17(2)7-11-19)20-12-14-21(15-13-20)28-23(27)22(25)26/h4-15H,1-3H3. The Kier molecular flexibility index (Phi) is 5.59. The van der Waals surface area contributed by atoms with Gasteiger partial charge in [-0.15, -0.1) is 0 Å². The molecule has 1 nitrogen and oxygen atoms in total. The average molecular weight is 382 g/mol. The van der Waals surface area contributed by atoms with Gasteiger partial charge in [-0.3, -0.25) is 0 Å². The van der Waals surface area contributed by atoms with E-state index in [4.69, 9.17) is 0 Å². The molecule has 3 aromatic carbocycles. The number of halogens is 3. The van der Waals surface area contributed by atoms with E-state index < -0.39 is 17.5 Å². The molecule has 0 radical (unpaired) electrons. The molecule has 0 aromatic heterocycles. The molecule has 0 bridgehead atoms. The second-order valence-corrected chi connectivity index (χ2v) is 7.02. The van der Waals surface area contributed by atoms with E-state index in [2.05, 4.69) is 60.2 Å². The normalized spacial score (nSPS) is 11.2. The molecular weight excluding hydrogens is 361 g/mol. The maximum Gasteiger partial charge on any atom is 0.344 e. The van der Waals surface area contributed by atoms with Gasteiger partial charge in [-0.1, -0.05) is 71.8 Å². The van der Waals surface area contributed by atoms with Crippen molar-refractivity contribution in [3.63, 3.8) is 0 Å². The summed E-state index contributed by atoms with van der Waals surface area (Å²) < 4.78 is 42.1. The zero-order valence-corrected chi connectivity index (χ0v) is 16.0. The van der Waals surface area contributed by atoms with Crippen molar-refractivity contribution in [1.82, 2.24) is 0 Å².